The van der Waals surface area contributed by atoms with Crippen molar-refractivity contribution >= 4 is 0 Å². The third kappa shape index (κ3) is 21.7. The van der Waals surface area contributed by atoms with Crippen molar-refractivity contribution in [2.24, 2.45) is 0 Å². The van der Waals surface area contributed by atoms with Crippen molar-refractivity contribution in [3.8, 4) is 0 Å². The summed E-state index contributed by atoms with van der Waals surface area (Å²) in [6.45, 7) is 9.47. The first-order valence-corrected chi connectivity index (χ1v) is 18.5. The molecule has 0 saturated heterocycles. The van der Waals surface area contributed by atoms with Crippen molar-refractivity contribution in [1.82, 2.24) is 9.80 Å². The monoisotopic (exact) mass is 547 g/mol. The molecule has 0 aromatic carbocycles. The van der Waals surface area contributed by atoms with Crippen LogP contribution >= 0.6 is 0 Å². The van der Waals surface area contributed by atoms with Crippen molar-refractivity contribution in [3.05, 3.63) is 12.4 Å². The Balaban J connectivity index is 2.18. The molecule has 0 aromatic heterocycles. The van der Waals surface area contributed by atoms with E-state index in [1.54, 1.807) is 0 Å². The lowest BCUT2D eigenvalue weighted by atomic mass is 10.0. The molecule has 1 atom stereocenters. The third-order valence-electron chi connectivity index (χ3n) is 9.07. The van der Waals surface area contributed by atoms with Crippen LogP contribution in [0.5, 0.6) is 0 Å². The van der Waals surface area contributed by atoms with Gasteiger partial charge in [-0.05, 0) is 25.7 Å². The minimum absolute atomic E-state index is 0.641. The van der Waals surface area contributed by atoms with E-state index in [0.717, 1.165) is 0 Å². The molecule has 0 fully saturated rings. The minimum Gasteiger partial charge on any atom is -0.356 e. The minimum atomic E-state index is 0.641. The zero-order valence-electron chi connectivity index (χ0n) is 27.5. The van der Waals surface area contributed by atoms with E-state index >= 15 is 0 Å². The number of unbranched alkanes of at least 4 members (excludes halogenated alkanes) is 25. The van der Waals surface area contributed by atoms with Crippen molar-refractivity contribution in [2.45, 2.75) is 213 Å². The zero-order valence-corrected chi connectivity index (χ0v) is 27.5. The summed E-state index contributed by atoms with van der Waals surface area (Å²) in [6.07, 6.45) is 47.0. The average Bonchev–Trinajstić information content (AvgIpc) is 3.33. The molecule has 39 heavy (non-hydrogen) atoms. The molecule has 0 bridgehead atoms. The van der Waals surface area contributed by atoms with Crippen molar-refractivity contribution < 1.29 is 0 Å². The Morgan fingerprint density at radius 2 is 0.590 bits per heavy atom. The zero-order chi connectivity index (χ0) is 28.1. The number of hydrogen-bond acceptors (Lipinski definition) is 2. The Hall–Kier alpha value is -0.660. The van der Waals surface area contributed by atoms with Gasteiger partial charge in [-0.1, -0.05) is 181 Å². The smallest absolute Gasteiger partial charge is 0.101 e. The summed E-state index contributed by atoms with van der Waals surface area (Å²) in [5.74, 6) is 0. The molecule has 1 unspecified atom stereocenters. The molecule has 1 aliphatic rings. The van der Waals surface area contributed by atoms with Gasteiger partial charge in [-0.25, -0.2) is 0 Å². The maximum Gasteiger partial charge on any atom is 0.101 e. The van der Waals surface area contributed by atoms with E-state index in [1.165, 1.54) is 199 Å². The summed E-state index contributed by atoms with van der Waals surface area (Å²) < 4.78 is 0. The van der Waals surface area contributed by atoms with Crippen LogP contribution in [-0.2, 0) is 0 Å². The first-order chi connectivity index (χ1) is 19.3. The lowest BCUT2D eigenvalue weighted by Crippen LogP contribution is -2.39. The topological polar surface area (TPSA) is 6.48 Å². The average molecular weight is 547 g/mol. The highest BCUT2D eigenvalue weighted by Crippen LogP contribution is 2.24. The molecule has 0 aliphatic carbocycles. The second-order valence-electron chi connectivity index (χ2n) is 12.9. The van der Waals surface area contributed by atoms with Gasteiger partial charge in [0.1, 0.15) is 6.17 Å². The lowest BCUT2D eigenvalue weighted by molar-refractivity contribution is 0.135. The van der Waals surface area contributed by atoms with Crippen LogP contribution in [-0.4, -0.2) is 29.1 Å². The van der Waals surface area contributed by atoms with Gasteiger partial charge in [0.2, 0.25) is 0 Å². The van der Waals surface area contributed by atoms with Gasteiger partial charge in [-0.3, -0.25) is 0 Å². The van der Waals surface area contributed by atoms with E-state index in [9.17, 15) is 0 Å². The fraction of sp³-hybridized carbons (Fsp3) is 0.946. The highest BCUT2D eigenvalue weighted by atomic mass is 15.4. The summed E-state index contributed by atoms with van der Waals surface area (Å²) in [7, 11) is 0. The summed E-state index contributed by atoms with van der Waals surface area (Å²) in [4.78, 5) is 5.40. The molecule has 1 heterocycles. The second kappa shape index (κ2) is 28.9. The molecular formula is C37H74N2. The van der Waals surface area contributed by atoms with Crippen LogP contribution in [0.1, 0.15) is 207 Å². The van der Waals surface area contributed by atoms with Crippen LogP contribution in [0.4, 0.5) is 0 Å². The van der Waals surface area contributed by atoms with Gasteiger partial charge in [0.25, 0.3) is 0 Å². The van der Waals surface area contributed by atoms with E-state index in [-0.39, 0.29) is 0 Å². The Morgan fingerprint density at radius 1 is 0.333 bits per heavy atom. The van der Waals surface area contributed by atoms with E-state index in [4.69, 9.17) is 0 Å². The Morgan fingerprint density at radius 3 is 0.897 bits per heavy atom. The van der Waals surface area contributed by atoms with E-state index in [2.05, 4.69) is 43.0 Å². The van der Waals surface area contributed by atoms with Gasteiger partial charge >= 0.3 is 0 Å². The highest BCUT2D eigenvalue weighted by molar-refractivity contribution is 4.97. The third-order valence-corrected chi connectivity index (χ3v) is 9.07. The van der Waals surface area contributed by atoms with Gasteiger partial charge in [-0.15, -0.1) is 0 Å². The first kappa shape index (κ1) is 36.4. The SMILES string of the molecule is CCCCCCCCCCCCCCN1C=CN(CCCCCCC)C1CCCCCCCCCCCCC. The Bertz CT molecular complexity index is 502. The maximum absolute atomic E-state index is 2.71. The molecule has 0 saturated carbocycles. The van der Waals surface area contributed by atoms with E-state index in [0.29, 0.717) is 6.17 Å². The fourth-order valence-corrected chi connectivity index (χ4v) is 6.36. The molecule has 232 valence electrons. The van der Waals surface area contributed by atoms with Gasteiger partial charge < -0.3 is 9.80 Å². The summed E-state index contributed by atoms with van der Waals surface area (Å²) in [5, 5.41) is 0. The number of rotatable bonds is 31. The molecule has 0 spiro atoms. The van der Waals surface area contributed by atoms with Crippen LogP contribution < -0.4 is 0 Å². The lowest BCUT2D eigenvalue weighted by Gasteiger charge is -2.33. The standard InChI is InChI=1S/C37H74N2/c1-4-7-10-13-15-17-19-21-23-25-28-31-34-39-36-35-38(33-30-27-12-9-6-3)37(39)32-29-26-24-22-20-18-16-14-11-8-5-2/h35-37H,4-34H2,1-3H3. The van der Waals surface area contributed by atoms with Crippen LogP contribution in [0.3, 0.4) is 0 Å². The number of hydrogen-bond donors (Lipinski definition) is 0. The van der Waals surface area contributed by atoms with Crippen LogP contribution in [0.25, 0.3) is 0 Å². The van der Waals surface area contributed by atoms with Crippen molar-refractivity contribution in [1.29, 1.82) is 0 Å². The van der Waals surface area contributed by atoms with Gasteiger partial charge in [-0.2, -0.15) is 0 Å². The molecular weight excluding hydrogens is 472 g/mol. The van der Waals surface area contributed by atoms with Gasteiger partial charge in [0.05, 0.1) is 0 Å². The summed E-state index contributed by atoms with van der Waals surface area (Å²) >= 11 is 0. The van der Waals surface area contributed by atoms with E-state index < -0.39 is 0 Å². The normalized spacial score (nSPS) is 15.2. The summed E-state index contributed by atoms with van der Waals surface area (Å²) in [6, 6.07) is 0. The summed E-state index contributed by atoms with van der Waals surface area (Å²) in [5.41, 5.74) is 0. The quantitative estimate of drug-likeness (QED) is 0.0798. The fourth-order valence-electron chi connectivity index (χ4n) is 6.36. The van der Waals surface area contributed by atoms with Crippen molar-refractivity contribution in [3.63, 3.8) is 0 Å². The second-order valence-corrected chi connectivity index (χ2v) is 12.9. The van der Waals surface area contributed by atoms with Crippen LogP contribution in [0.2, 0.25) is 0 Å². The highest BCUT2D eigenvalue weighted by Gasteiger charge is 2.24. The predicted octanol–water partition coefficient (Wildman–Crippen LogP) is 12.8. The molecule has 0 radical (unpaired) electrons. The van der Waals surface area contributed by atoms with E-state index in [1.807, 2.05) is 0 Å². The van der Waals surface area contributed by atoms with Crippen molar-refractivity contribution in [2.75, 3.05) is 13.1 Å². The van der Waals surface area contributed by atoms with Crippen LogP contribution in [0.15, 0.2) is 12.4 Å². The molecule has 2 heteroatoms. The van der Waals surface area contributed by atoms with Gasteiger partial charge in [0.15, 0.2) is 0 Å². The van der Waals surface area contributed by atoms with Gasteiger partial charge in [0, 0.05) is 25.5 Å². The molecule has 0 N–H and O–H groups in total. The molecule has 1 aliphatic heterocycles. The largest absolute Gasteiger partial charge is 0.356 e. The molecule has 0 aromatic rings. The molecule has 0 amide bonds. The maximum atomic E-state index is 2.71. The number of nitrogens with zero attached hydrogens (tertiary/aromatic N) is 2. The Kier molecular flexibility index (Phi) is 26.9. The Labute approximate surface area is 248 Å². The molecule has 2 nitrogen and oxygen atoms in total. The molecule has 1 rings (SSSR count). The van der Waals surface area contributed by atoms with Crippen LogP contribution in [0, 0.1) is 0 Å². The first-order valence-electron chi connectivity index (χ1n) is 18.5. The predicted molar refractivity (Wildman–Crippen MR) is 177 cm³/mol.